The van der Waals surface area contributed by atoms with Gasteiger partial charge >= 0.3 is 0 Å². The van der Waals surface area contributed by atoms with Gasteiger partial charge in [0.2, 0.25) is 0 Å². The molecule has 0 saturated carbocycles. The Balaban J connectivity index is 2.18. The second kappa shape index (κ2) is 7.32. The largest absolute Gasteiger partial charge is 0.333 e. The number of hydrogen-bond donors (Lipinski definition) is 0. The van der Waals surface area contributed by atoms with Crippen LogP contribution in [0.2, 0.25) is 5.02 Å². The molecule has 20 heavy (non-hydrogen) atoms. The van der Waals surface area contributed by atoms with Gasteiger partial charge < -0.3 is 4.90 Å². The van der Waals surface area contributed by atoms with Crippen LogP contribution in [-0.2, 0) is 6.54 Å². The number of halogens is 2. The van der Waals surface area contributed by atoms with Gasteiger partial charge in [-0.05, 0) is 23.8 Å². The number of hydrogen-bond acceptors (Lipinski definition) is 1. The van der Waals surface area contributed by atoms with Crippen LogP contribution < -0.4 is 0 Å². The molecule has 2 aromatic rings. The van der Waals surface area contributed by atoms with Crippen LogP contribution in [0, 0.1) is 0 Å². The molecule has 0 aliphatic rings. The lowest BCUT2D eigenvalue weighted by atomic mass is 10.1. The molecule has 0 spiro atoms. The number of amides is 1. The average Bonchev–Trinajstić information content (AvgIpc) is 2.47. The van der Waals surface area contributed by atoms with E-state index in [1.807, 2.05) is 30.3 Å². The fourth-order valence-electron chi connectivity index (χ4n) is 1.96. The number of benzene rings is 2. The first-order chi connectivity index (χ1) is 9.70. The van der Waals surface area contributed by atoms with Crippen LogP contribution in [0.4, 0.5) is 0 Å². The Morgan fingerprint density at radius 1 is 1.05 bits per heavy atom. The van der Waals surface area contributed by atoms with Crippen LogP contribution in [-0.4, -0.2) is 23.2 Å². The Kier molecular flexibility index (Phi) is 5.45. The van der Waals surface area contributed by atoms with Crippen molar-refractivity contribution >= 4 is 29.1 Å². The predicted octanol–water partition coefficient (Wildman–Crippen LogP) is 4.22. The SMILES string of the molecule is O=C(c1cccc(Cl)c1)N(CCCl)Cc1ccccc1. The van der Waals surface area contributed by atoms with Gasteiger partial charge in [-0.1, -0.05) is 48.0 Å². The lowest BCUT2D eigenvalue weighted by Gasteiger charge is -2.22. The van der Waals surface area contributed by atoms with E-state index in [-0.39, 0.29) is 5.91 Å². The van der Waals surface area contributed by atoms with Crippen molar-refractivity contribution in [1.82, 2.24) is 4.90 Å². The Morgan fingerprint density at radius 2 is 1.80 bits per heavy atom. The molecule has 0 aliphatic carbocycles. The van der Waals surface area contributed by atoms with E-state index in [2.05, 4.69) is 0 Å². The second-order valence-electron chi connectivity index (χ2n) is 4.41. The van der Waals surface area contributed by atoms with E-state index in [0.29, 0.717) is 29.6 Å². The maximum atomic E-state index is 12.5. The fraction of sp³-hybridized carbons (Fsp3) is 0.188. The van der Waals surface area contributed by atoms with Crippen molar-refractivity contribution < 1.29 is 4.79 Å². The summed E-state index contributed by atoms with van der Waals surface area (Å²) < 4.78 is 0. The van der Waals surface area contributed by atoms with E-state index >= 15 is 0 Å². The summed E-state index contributed by atoms with van der Waals surface area (Å²) in [6, 6.07) is 16.8. The van der Waals surface area contributed by atoms with Crippen LogP contribution in [0.25, 0.3) is 0 Å². The maximum absolute atomic E-state index is 12.5. The van der Waals surface area contributed by atoms with Crippen molar-refractivity contribution in [2.24, 2.45) is 0 Å². The fourth-order valence-corrected chi connectivity index (χ4v) is 2.36. The predicted molar refractivity (Wildman–Crippen MR) is 83.4 cm³/mol. The summed E-state index contributed by atoms with van der Waals surface area (Å²) in [6.07, 6.45) is 0. The number of carbonyl (C=O) groups is 1. The Labute approximate surface area is 128 Å². The molecule has 0 aliphatic heterocycles. The summed E-state index contributed by atoms with van der Waals surface area (Å²) in [5.74, 6) is 0.344. The molecule has 0 atom stereocenters. The second-order valence-corrected chi connectivity index (χ2v) is 5.23. The van der Waals surface area contributed by atoms with Crippen LogP contribution in [0.1, 0.15) is 15.9 Å². The molecule has 0 bridgehead atoms. The zero-order valence-electron chi connectivity index (χ0n) is 10.9. The normalized spacial score (nSPS) is 10.3. The first-order valence-corrected chi connectivity index (χ1v) is 7.26. The van der Waals surface area contributed by atoms with Gasteiger partial charge in [0, 0.05) is 29.6 Å². The molecule has 0 unspecified atom stereocenters. The van der Waals surface area contributed by atoms with Crippen LogP contribution in [0.3, 0.4) is 0 Å². The number of rotatable bonds is 5. The van der Waals surface area contributed by atoms with Crippen LogP contribution in [0.15, 0.2) is 54.6 Å². The Morgan fingerprint density at radius 3 is 2.45 bits per heavy atom. The Hall–Kier alpha value is -1.51. The molecular formula is C16H15Cl2NO. The average molecular weight is 308 g/mol. The van der Waals surface area contributed by atoms with E-state index in [1.54, 1.807) is 29.2 Å². The van der Waals surface area contributed by atoms with Gasteiger partial charge in [0.1, 0.15) is 0 Å². The van der Waals surface area contributed by atoms with Gasteiger partial charge in [0.15, 0.2) is 0 Å². The summed E-state index contributed by atoms with van der Waals surface area (Å²) in [5.41, 5.74) is 1.66. The van der Waals surface area contributed by atoms with Crippen molar-refractivity contribution in [3.8, 4) is 0 Å². The van der Waals surface area contributed by atoms with Gasteiger partial charge in [-0.3, -0.25) is 4.79 Å². The lowest BCUT2D eigenvalue weighted by molar-refractivity contribution is 0.0754. The van der Waals surface area contributed by atoms with Crippen LogP contribution in [0.5, 0.6) is 0 Å². The summed E-state index contributed by atoms with van der Waals surface area (Å²) in [5, 5.41) is 0.557. The third-order valence-corrected chi connectivity index (χ3v) is 3.33. The third-order valence-electron chi connectivity index (χ3n) is 2.93. The first-order valence-electron chi connectivity index (χ1n) is 6.35. The topological polar surface area (TPSA) is 20.3 Å². The highest BCUT2D eigenvalue weighted by molar-refractivity contribution is 6.31. The maximum Gasteiger partial charge on any atom is 0.254 e. The van der Waals surface area contributed by atoms with E-state index in [4.69, 9.17) is 23.2 Å². The minimum atomic E-state index is -0.0583. The molecule has 4 heteroatoms. The van der Waals surface area contributed by atoms with E-state index in [1.165, 1.54) is 0 Å². The molecule has 0 N–H and O–H groups in total. The number of nitrogens with zero attached hydrogens (tertiary/aromatic N) is 1. The van der Waals surface area contributed by atoms with Gasteiger partial charge in [0.25, 0.3) is 5.91 Å². The zero-order valence-corrected chi connectivity index (χ0v) is 12.4. The highest BCUT2D eigenvalue weighted by Crippen LogP contribution is 2.14. The molecule has 0 saturated heterocycles. The molecule has 0 fully saturated rings. The molecule has 104 valence electrons. The van der Waals surface area contributed by atoms with E-state index in [0.717, 1.165) is 5.56 Å². The summed E-state index contributed by atoms with van der Waals surface area (Å²) in [4.78, 5) is 14.2. The van der Waals surface area contributed by atoms with Crippen molar-refractivity contribution in [2.45, 2.75) is 6.54 Å². The minimum Gasteiger partial charge on any atom is -0.333 e. The zero-order chi connectivity index (χ0) is 14.4. The van der Waals surface area contributed by atoms with E-state index in [9.17, 15) is 4.79 Å². The first kappa shape index (κ1) is 14.9. The van der Waals surface area contributed by atoms with Gasteiger partial charge in [-0.15, -0.1) is 11.6 Å². The highest BCUT2D eigenvalue weighted by atomic mass is 35.5. The molecule has 1 amide bonds. The standard InChI is InChI=1S/C16H15Cl2NO/c17-9-10-19(12-13-5-2-1-3-6-13)16(20)14-7-4-8-15(18)11-14/h1-8,11H,9-10,12H2. The summed E-state index contributed by atoms with van der Waals surface area (Å²) in [6.45, 7) is 1.04. The van der Waals surface area contributed by atoms with Crippen molar-refractivity contribution in [3.05, 3.63) is 70.7 Å². The molecule has 0 aromatic heterocycles. The number of alkyl halides is 1. The molecule has 2 aromatic carbocycles. The van der Waals surface area contributed by atoms with Crippen molar-refractivity contribution in [2.75, 3.05) is 12.4 Å². The third kappa shape index (κ3) is 3.99. The van der Waals surface area contributed by atoms with Gasteiger partial charge in [0.05, 0.1) is 0 Å². The molecular weight excluding hydrogens is 293 g/mol. The Bertz CT molecular complexity index is 572. The molecule has 2 rings (SSSR count). The molecule has 0 heterocycles. The van der Waals surface area contributed by atoms with Crippen LogP contribution >= 0.6 is 23.2 Å². The smallest absolute Gasteiger partial charge is 0.254 e. The van der Waals surface area contributed by atoms with Gasteiger partial charge in [-0.25, -0.2) is 0 Å². The lowest BCUT2D eigenvalue weighted by Crippen LogP contribution is -2.32. The monoisotopic (exact) mass is 307 g/mol. The quantitative estimate of drug-likeness (QED) is 0.757. The van der Waals surface area contributed by atoms with Crippen molar-refractivity contribution in [1.29, 1.82) is 0 Å². The minimum absolute atomic E-state index is 0.0583. The van der Waals surface area contributed by atoms with E-state index < -0.39 is 0 Å². The molecule has 0 radical (unpaired) electrons. The van der Waals surface area contributed by atoms with Gasteiger partial charge in [-0.2, -0.15) is 0 Å². The van der Waals surface area contributed by atoms with Crippen molar-refractivity contribution in [3.63, 3.8) is 0 Å². The summed E-state index contributed by atoms with van der Waals surface area (Å²) >= 11 is 11.7. The molecule has 2 nitrogen and oxygen atoms in total. The highest BCUT2D eigenvalue weighted by Gasteiger charge is 2.15. The summed E-state index contributed by atoms with van der Waals surface area (Å²) in [7, 11) is 0. The number of carbonyl (C=O) groups excluding carboxylic acids is 1.